The largest absolute Gasteiger partial charge is 0.384 e. The summed E-state index contributed by atoms with van der Waals surface area (Å²) in [5.74, 6) is 5.38. The molecule has 2 rings (SSSR count). The number of nitrogens with zero attached hydrogens (tertiary/aromatic N) is 2. The van der Waals surface area contributed by atoms with E-state index in [2.05, 4.69) is 11.8 Å². The van der Waals surface area contributed by atoms with Gasteiger partial charge in [0, 0.05) is 44.2 Å². The molecule has 0 aliphatic carbocycles. The second-order valence-corrected chi connectivity index (χ2v) is 4.84. The molecule has 1 N–H and O–H groups in total. The maximum atomic E-state index is 12.3. The normalized spacial score (nSPS) is 14.4. The summed E-state index contributed by atoms with van der Waals surface area (Å²) in [4.78, 5) is 27.1. The Hall–Kier alpha value is -2.32. The Morgan fingerprint density at radius 3 is 2.19 bits per heavy atom. The zero-order chi connectivity index (χ0) is 15.2. The fraction of sp³-hybridized carbons (Fsp3) is 0.375. The van der Waals surface area contributed by atoms with E-state index in [1.54, 1.807) is 41.0 Å². The van der Waals surface area contributed by atoms with Crippen molar-refractivity contribution in [1.82, 2.24) is 9.80 Å². The minimum atomic E-state index is -0.179. The van der Waals surface area contributed by atoms with Crippen LogP contribution in [-0.2, 0) is 4.79 Å². The van der Waals surface area contributed by atoms with Crippen LogP contribution in [0.15, 0.2) is 24.3 Å². The quantitative estimate of drug-likeness (QED) is 0.757. The standard InChI is InChI=1S/C16H18N2O3/c1-13(20)17-8-10-18(11-9-17)16(21)15-6-4-14(5-7-15)3-2-12-19/h4-7,19H,8-12H2,1H3. The van der Waals surface area contributed by atoms with Crippen LogP contribution in [0.25, 0.3) is 0 Å². The smallest absolute Gasteiger partial charge is 0.253 e. The van der Waals surface area contributed by atoms with Gasteiger partial charge in [-0.05, 0) is 24.3 Å². The molecule has 0 radical (unpaired) electrons. The van der Waals surface area contributed by atoms with E-state index >= 15 is 0 Å². The highest BCUT2D eigenvalue weighted by atomic mass is 16.2. The molecule has 110 valence electrons. The number of hydrogen-bond donors (Lipinski definition) is 1. The molecule has 1 aliphatic heterocycles. The van der Waals surface area contributed by atoms with E-state index in [-0.39, 0.29) is 18.4 Å². The molecule has 5 nitrogen and oxygen atoms in total. The van der Waals surface area contributed by atoms with Gasteiger partial charge in [0.1, 0.15) is 6.61 Å². The summed E-state index contributed by atoms with van der Waals surface area (Å²) in [6.07, 6.45) is 0. The van der Waals surface area contributed by atoms with E-state index < -0.39 is 0 Å². The van der Waals surface area contributed by atoms with Gasteiger partial charge in [-0.3, -0.25) is 9.59 Å². The van der Waals surface area contributed by atoms with E-state index in [9.17, 15) is 9.59 Å². The second-order valence-electron chi connectivity index (χ2n) is 4.84. The third-order valence-electron chi connectivity index (χ3n) is 3.46. The Morgan fingerprint density at radius 2 is 1.67 bits per heavy atom. The Labute approximate surface area is 124 Å². The lowest BCUT2D eigenvalue weighted by Crippen LogP contribution is -2.50. The van der Waals surface area contributed by atoms with E-state index in [0.717, 1.165) is 5.56 Å². The molecule has 0 bridgehead atoms. The Kier molecular flexibility index (Phi) is 4.96. The average Bonchev–Trinajstić information content (AvgIpc) is 2.53. The lowest BCUT2D eigenvalue weighted by atomic mass is 10.1. The first-order valence-corrected chi connectivity index (χ1v) is 6.86. The summed E-state index contributed by atoms with van der Waals surface area (Å²) in [6, 6.07) is 7.01. The van der Waals surface area contributed by atoms with Crippen LogP contribution in [0.1, 0.15) is 22.8 Å². The Bertz CT molecular complexity index is 576. The highest BCUT2D eigenvalue weighted by Gasteiger charge is 2.22. The minimum Gasteiger partial charge on any atom is -0.384 e. The van der Waals surface area contributed by atoms with E-state index in [1.807, 2.05) is 0 Å². The van der Waals surface area contributed by atoms with Gasteiger partial charge in [0.05, 0.1) is 0 Å². The first-order valence-electron chi connectivity index (χ1n) is 6.86. The van der Waals surface area contributed by atoms with Crippen LogP contribution in [-0.4, -0.2) is 59.5 Å². The summed E-state index contributed by atoms with van der Waals surface area (Å²) in [7, 11) is 0. The van der Waals surface area contributed by atoms with Crippen LogP contribution in [0.5, 0.6) is 0 Å². The molecule has 0 unspecified atom stereocenters. The van der Waals surface area contributed by atoms with Crippen molar-refractivity contribution in [3.8, 4) is 11.8 Å². The molecule has 1 aliphatic rings. The Morgan fingerprint density at radius 1 is 1.10 bits per heavy atom. The summed E-state index contributed by atoms with van der Waals surface area (Å²) in [5.41, 5.74) is 1.38. The van der Waals surface area contributed by atoms with Crippen LogP contribution in [0.4, 0.5) is 0 Å². The van der Waals surface area contributed by atoms with Gasteiger partial charge in [-0.2, -0.15) is 0 Å². The lowest BCUT2D eigenvalue weighted by molar-refractivity contribution is -0.130. The fourth-order valence-corrected chi connectivity index (χ4v) is 2.24. The monoisotopic (exact) mass is 286 g/mol. The first-order chi connectivity index (χ1) is 10.1. The van der Waals surface area contributed by atoms with Gasteiger partial charge < -0.3 is 14.9 Å². The molecule has 0 atom stereocenters. The van der Waals surface area contributed by atoms with Crippen molar-refractivity contribution in [2.75, 3.05) is 32.8 Å². The SMILES string of the molecule is CC(=O)N1CCN(C(=O)c2ccc(C#CCO)cc2)CC1. The number of carbonyl (C=O) groups is 2. The number of aliphatic hydroxyl groups excluding tert-OH is 1. The van der Waals surface area contributed by atoms with Gasteiger partial charge in [0.15, 0.2) is 0 Å². The molecule has 0 spiro atoms. The number of amides is 2. The molecule has 1 saturated heterocycles. The molecular formula is C16H18N2O3. The zero-order valence-electron chi connectivity index (χ0n) is 12.0. The van der Waals surface area contributed by atoms with Crippen molar-refractivity contribution < 1.29 is 14.7 Å². The number of aliphatic hydroxyl groups is 1. The lowest BCUT2D eigenvalue weighted by Gasteiger charge is -2.34. The van der Waals surface area contributed by atoms with Crippen LogP contribution in [0, 0.1) is 11.8 Å². The van der Waals surface area contributed by atoms with Gasteiger partial charge in [-0.15, -0.1) is 0 Å². The molecule has 1 fully saturated rings. The second kappa shape index (κ2) is 6.91. The summed E-state index contributed by atoms with van der Waals surface area (Å²) in [6.45, 7) is 3.65. The third kappa shape index (κ3) is 3.83. The molecule has 2 amide bonds. The number of hydrogen-bond acceptors (Lipinski definition) is 3. The summed E-state index contributed by atoms with van der Waals surface area (Å²) < 4.78 is 0. The van der Waals surface area contributed by atoms with Crippen molar-refractivity contribution in [2.24, 2.45) is 0 Å². The predicted octanol–water partition coefficient (Wildman–Crippen LogP) is 0.335. The van der Waals surface area contributed by atoms with Crippen molar-refractivity contribution in [3.05, 3.63) is 35.4 Å². The van der Waals surface area contributed by atoms with Crippen molar-refractivity contribution in [3.63, 3.8) is 0 Å². The number of rotatable bonds is 1. The highest BCUT2D eigenvalue weighted by molar-refractivity contribution is 5.94. The molecule has 1 heterocycles. The summed E-state index contributed by atoms with van der Waals surface area (Å²) >= 11 is 0. The zero-order valence-corrected chi connectivity index (χ0v) is 12.0. The third-order valence-corrected chi connectivity index (χ3v) is 3.46. The highest BCUT2D eigenvalue weighted by Crippen LogP contribution is 2.10. The molecule has 0 aromatic heterocycles. The van der Waals surface area contributed by atoms with E-state index in [0.29, 0.717) is 31.7 Å². The van der Waals surface area contributed by atoms with E-state index in [1.165, 1.54) is 0 Å². The van der Waals surface area contributed by atoms with Gasteiger partial charge in [-0.25, -0.2) is 0 Å². The van der Waals surface area contributed by atoms with Crippen molar-refractivity contribution in [1.29, 1.82) is 0 Å². The minimum absolute atomic E-state index is 0.0279. The maximum Gasteiger partial charge on any atom is 0.253 e. The van der Waals surface area contributed by atoms with Crippen LogP contribution in [0.3, 0.4) is 0 Å². The number of benzene rings is 1. The van der Waals surface area contributed by atoms with Crippen molar-refractivity contribution >= 4 is 11.8 Å². The molecular weight excluding hydrogens is 268 g/mol. The van der Waals surface area contributed by atoms with E-state index in [4.69, 9.17) is 5.11 Å². The van der Waals surface area contributed by atoms with Gasteiger partial charge in [-0.1, -0.05) is 11.8 Å². The maximum absolute atomic E-state index is 12.3. The fourth-order valence-electron chi connectivity index (χ4n) is 2.24. The first kappa shape index (κ1) is 15.1. The predicted molar refractivity (Wildman–Crippen MR) is 78.6 cm³/mol. The van der Waals surface area contributed by atoms with Gasteiger partial charge in [0.25, 0.3) is 5.91 Å². The Balaban J connectivity index is 1.99. The molecule has 0 saturated carbocycles. The molecule has 1 aromatic rings. The number of piperazine rings is 1. The molecule has 21 heavy (non-hydrogen) atoms. The van der Waals surface area contributed by atoms with Crippen molar-refractivity contribution in [2.45, 2.75) is 6.92 Å². The topological polar surface area (TPSA) is 60.9 Å². The molecule has 1 aromatic carbocycles. The van der Waals surface area contributed by atoms with Crippen LogP contribution < -0.4 is 0 Å². The number of carbonyl (C=O) groups excluding carboxylic acids is 2. The van der Waals surface area contributed by atoms with Gasteiger partial charge >= 0.3 is 0 Å². The van der Waals surface area contributed by atoms with Crippen LogP contribution >= 0.6 is 0 Å². The molecule has 5 heteroatoms. The average molecular weight is 286 g/mol. The summed E-state index contributed by atoms with van der Waals surface area (Å²) in [5, 5.41) is 8.64. The van der Waals surface area contributed by atoms with Gasteiger partial charge in [0.2, 0.25) is 5.91 Å². The van der Waals surface area contributed by atoms with Crippen LogP contribution in [0.2, 0.25) is 0 Å².